The van der Waals surface area contributed by atoms with E-state index in [0.717, 1.165) is 39.3 Å². The van der Waals surface area contributed by atoms with Crippen molar-refractivity contribution in [1.82, 2.24) is 4.90 Å². The summed E-state index contributed by atoms with van der Waals surface area (Å²) in [5.74, 6) is 0.335. The monoisotopic (exact) mass is 276 g/mol. The van der Waals surface area contributed by atoms with Crippen molar-refractivity contribution in [3.05, 3.63) is 24.3 Å². The summed E-state index contributed by atoms with van der Waals surface area (Å²) in [5, 5.41) is 9.34. The summed E-state index contributed by atoms with van der Waals surface area (Å²) in [4.78, 5) is 4.91. The fourth-order valence-corrected chi connectivity index (χ4v) is 3.09. The molecule has 1 aromatic rings. The van der Waals surface area contributed by atoms with Crippen molar-refractivity contribution in [2.45, 2.75) is 25.4 Å². The second-order valence-corrected chi connectivity index (χ2v) is 5.79. The van der Waals surface area contributed by atoms with Crippen LogP contribution in [0.5, 0.6) is 5.75 Å². The summed E-state index contributed by atoms with van der Waals surface area (Å²) in [6, 6.07) is 7.51. The van der Waals surface area contributed by atoms with Crippen LogP contribution in [0, 0.1) is 0 Å². The van der Waals surface area contributed by atoms with Crippen LogP contribution in [0.25, 0.3) is 0 Å². The van der Waals surface area contributed by atoms with Crippen LogP contribution < -0.4 is 4.90 Å². The van der Waals surface area contributed by atoms with Gasteiger partial charge in [-0.25, -0.2) is 0 Å². The lowest BCUT2D eigenvalue weighted by atomic mass is 10.1. The van der Waals surface area contributed by atoms with Gasteiger partial charge in [0.05, 0.1) is 6.10 Å². The lowest BCUT2D eigenvalue weighted by molar-refractivity contribution is -0.00645. The third kappa shape index (κ3) is 3.44. The lowest BCUT2D eigenvalue weighted by Gasteiger charge is -2.38. The Labute approximate surface area is 120 Å². The lowest BCUT2D eigenvalue weighted by Crippen LogP contribution is -2.49. The van der Waals surface area contributed by atoms with Gasteiger partial charge in [0.15, 0.2) is 0 Å². The van der Waals surface area contributed by atoms with Crippen molar-refractivity contribution in [2.75, 3.05) is 44.2 Å². The highest BCUT2D eigenvalue weighted by atomic mass is 16.5. The molecule has 0 saturated carbocycles. The molecule has 1 aromatic carbocycles. The molecule has 1 unspecified atom stereocenters. The number of anilines is 1. The number of phenolic OH excluding ortho intramolecular Hbond substituents is 1. The third-order valence-electron chi connectivity index (χ3n) is 4.32. The molecular weight excluding hydrogens is 252 g/mol. The summed E-state index contributed by atoms with van der Waals surface area (Å²) < 4.78 is 5.82. The number of ether oxygens (including phenoxy) is 1. The fraction of sp³-hybridized carbons (Fsp3) is 0.625. The molecule has 1 N–H and O–H groups in total. The summed E-state index contributed by atoms with van der Waals surface area (Å²) in [5.41, 5.74) is 1.20. The Kier molecular flexibility index (Phi) is 4.43. The zero-order chi connectivity index (χ0) is 13.8. The molecule has 2 heterocycles. The molecule has 0 aliphatic carbocycles. The van der Waals surface area contributed by atoms with Crippen LogP contribution in [0.15, 0.2) is 24.3 Å². The second kappa shape index (κ2) is 6.46. The highest BCUT2D eigenvalue weighted by molar-refractivity contribution is 5.49. The second-order valence-electron chi connectivity index (χ2n) is 5.79. The third-order valence-corrected chi connectivity index (χ3v) is 4.32. The molecule has 4 heteroatoms. The van der Waals surface area contributed by atoms with Gasteiger partial charge in [-0.05, 0) is 43.5 Å². The molecule has 110 valence electrons. The van der Waals surface area contributed by atoms with Gasteiger partial charge < -0.3 is 14.7 Å². The minimum Gasteiger partial charge on any atom is -0.508 e. The molecule has 0 bridgehead atoms. The quantitative estimate of drug-likeness (QED) is 0.917. The smallest absolute Gasteiger partial charge is 0.115 e. The van der Waals surface area contributed by atoms with E-state index in [0.29, 0.717) is 11.9 Å². The first-order valence-electron chi connectivity index (χ1n) is 7.69. The fourth-order valence-electron chi connectivity index (χ4n) is 3.09. The number of phenols is 1. The highest BCUT2D eigenvalue weighted by Crippen LogP contribution is 2.20. The van der Waals surface area contributed by atoms with Crippen LogP contribution in [0.2, 0.25) is 0 Å². The first-order chi connectivity index (χ1) is 9.81. The normalized spacial score (nSPS) is 24.8. The van der Waals surface area contributed by atoms with E-state index in [1.165, 1.54) is 24.9 Å². The summed E-state index contributed by atoms with van der Waals surface area (Å²) >= 11 is 0. The van der Waals surface area contributed by atoms with Crippen LogP contribution in [0.4, 0.5) is 5.69 Å². The maximum Gasteiger partial charge on any atom is 0.115 e. The summed E-state index contributed by atoms with van der Waals surface area (Å²) in [6.07, 6.45) is 4.21. The predicted molar refractivity (Wildman–Crippen MR) is 80.4 cm³/mol. The Bertz CT molecular complexity index is 407. The average Bonchev–Trinajstić information content (AvgIpc) is 2.50. The number of rotatable bonds is 3. The van der Waals surface area contributed by atoms with E-state index in [-0.39, 0.29) is 0 Å². The Balaban J connectivity index is 1.47. The average molecular weight is 276 g/mol. The molecule has 4 nitrogen and oxygen atoms in total. The van der Waals surface area contributed by atoms with Gasteiger partial charge in [-0.3, -0.25) is 4.90 Å². The maximum atomic E-state index is 9.34. The van der Waals surface area contributed by atoms with Crippen molar-refractivity contribution in [2.24, 2.45) is 0 Å². The van der Waals surface area contributed by atoms with E-state index in [2.05, 4.69) is 9.80 Å². The number of aromatic hydroxyl groups is 1. The minimum atomic E-state index is 0.335. The van der Waals surface area contributed by atoms with Gasteiger partial charge in [0.2, 0.25) is 0 Å². The van der Waals surface area contributed by atoms with Gasteiger partial charge in [-0.1, -0.05) is 0 Å². The van der Waals surface area contributed by atoms with Crippen molar-refractivity contribution < 1.29 is 9.84 Å². The molecule has 20 heavy (non-hydrogen) atoms. The molecule has 1 atom stereocenters. The van der Waals surface area contributed by atoms with E-state index in [4.69, 9.17) is 4.74 Å². The van der Waals surface area contributed by atoms with Crippen LogP contribution in [0.3, 0.4) is 0 Å². The number of piperazine rings is 1. The van der Waals surface area contributed by atoms with E-state index in [9.17, 15) is 5.11 Å². The van der Waals surface area contributed by atoms with Gasteiger partial charge in [0, 0.05) is 45.0 Å². The molecule has 0 radical (unpaired) electrons. The van der Waals surface area contributed by atoms with Gasteiger partial charge in [-0.15, -0.1) is 0 Å². The first-order valence-corrected chi connectivity index (χ1v) is 7.69. The molecule has 2 aliphatic heterocycles. The summed E-state index contributed by atoms with van der Waals surface area (Å²) in [7, 11) is 0. The largest absolute Gasteiger partial charge is 0.508 e. The molecule has 0 aromatic heterocycles. The van der Waals surface area contributed by atoms with Gasteiger partial charge in [0.25, 0.3) is 0 Å². The van der Waals surface area contributed by atoms with Gasteiger partial charge in [0.1, 0.15) is 5.75 Å². The van der Waals surface area contributed by atoms with E-state index in [1.807, 2.05) is 12.1 Å². The zero-order valence-corrected chi connectivity index (χ0v) is 12.0. The predicted octanol–water partition coefficient (Wildman–Crippen LogP) is 2.08. The van der Waals surface area contributed by atoms with E-state index < -0.39 is 0 Å². The summed E-state index contributed by atoms with van der Waals surface area (Å²) in [6.45, 7) is 6.33. The van der Waals surface area contributed by atoms with Crippen LogP contribution in [0.1, 0.15) is 19.3 Å². The van der Waals surface area contributed by atoms with E-state index in [1.54, 1.807) is 12.1 Å². The Morgan fingerprint density at radius 3 is 2.45 bits per heavy atom. The molecule has 3 rings (SSSR count). The number of nitrogens with zero attached hydrogens (tertiary/aromatic N) is 2. The Morgan fingerprint density at radius 1 is 1.05 bits per heavy atom. The van der Waals surface area contributed by atoms with Gasteiger partial charge in [-0.2, -0.15) is 0 Å². The van der Waals surface area contributed by atoms with E-state index >= 15 is 0 Å². The Hall–Kier alpha value is -1.26. The molecule has 2 aliphatic rings. The molecular formula is C16H24N2O2. The molecule has 2 fully saturated rings. The van der Waals surface area contributed by atoms with Crippen LogP contribution in [-0.4, -0.2) is 55.4 Å². The van der Waals surface area contributed by atoms with Crippen molar-refractivity contribution >= 4 is 5.69 Å². The standard InChI is InChI=1S/C16H24N2O2/c19-15-6-4-14(5-7-15)18-10-8-17(9-11-18)13-16-3-1-2-12-20-16/h4-7,16,19H,1-3,8-13H2. The first kappa shape index (κ1) is 13.7. The zero-order valence-electron chi connectivity index (χ0n) is 12.0. The SMILES string of the molecule is Oc1ccc(N2CCN(CC3CCCCO3)CC2)cc1. The Morgan fingerprint density at radius 2 is 1.80 bits per heavy atom. The number of benzene rings is 1. The van der Waals surface area contributed by atoms with Gasteiger partial charge >= 0.3 is 0 Å². The molecule has 2 saturated heterocycles. The number of hydrogen-bond acceptors (Lipinski definition) is 4. The highest BCUT2D eigenvalue weighted by Gasteiger charge is 2.22. The molecule has 0 spiro atoms. The molecule has 0 amide bonds. The number of hydrogen-bond donors (Lipinski definition) is 1. The van der Waals surface area contributed by atoms with Crippen molar-refractivity contribution in [3.63, 3.8) is 0 Å². The topological polar surface area (TPSA) is 35.9 Å². The van der Waals surface area contributed by atoms with Crippen LogP contribution >= 0.6 is 0 Å². The van der Waals surface area contributed by atoms with Crippen molar-refractivity contribution in [1.29, 1.82) is 0 Å². The minimum absolute atomic E-state index is 0.335. The maximum absolute atomic E-state index is 9.34. The van der Waals surface area contributed by atoms with Crippen LogP contribution in [-0.2, 0) is 4.74 Å². The van der Waals surface area contributed by atoms with Crippen molar-refractivity contribution in [3.8, 4) is 5.75 Å².